The molecular weight excluding hydrogens is 294 g/mol. The predicted molar refractivity (Wildman–Crippen MR) is 73.8 cm³/mol. The highest BCUT2D eigenvalue weighted by atomic mass is 32.2. The second kappa shape index (κ2) is 4.51. The Morgan fingerprint density at radius 1 is 0.857 bits per heavy atom. The summed E-state index contributed by atoms with van der Waals surface area (Å²) in [7, 11) is -4.43. The SMILES string of the molecule is O=C1c2ccc(S(=O)(=O)O)cc2C(=O)N1c1ccccc1. The summed E-state index contributed by atoms with van der Waals surface area (Å²) in [6.07, 6.45) is 0. The number of carbonyl (C=O) groups is 2. The molecule has 21 heavy (non-hydrogen) atoms. The maximum atomic E-state index is 12.3. The lowest BCUT2D eigenvalue weighted by atomic mass is 10.1. The average molecular weight is 303 g/mol. The molecule has 0 aliphatic carbocycles. The quantitative estimate of drug-likeness (QED) is 0.674. The summed E-state index contributed by atoms with van der Waals surface area (Å²) in [4.78, 5) is 25.1. The van der Waals surface area contributed by atoms with Crippen molar-refractivity contribution in [2.24, 2.45) is 0 Å². The molecule has 1 aliphatic rings. The molecule has 2 amide bonds. The molecular formula is C14H9NO5S. The molecule has 2 aromatic rings. The maximum absolute atomic E-state index is 12.3. The number of anilines is 1. The first-order valence-electron chi connectivity index (χ1n) is 5.95. The van der Waals surface area contributed by atoms with Crippen molar-refractivity contribution < 1.29 is 22.6 Å². The van der Waals surface area contributed by atoms with E-state index in [0.29, 0.717) is 5.69 Å². The Bertz CT molecular complexity index is 858. The zero-order valence-corrected chi connectivity index (χ0v) is 11.4. The van der Waals surface area contributed by atoms with Crippen LogP contribution in [0.5, 0.6) is 0 Å². The van der Waals surface area contributed by atoms with E-state index in [0.717, 1.165) is 17.0 Å². The first kappa shape index (κ1) is 13.5. The molecule has 0 fully saturated rings. The summed E-state index contributed by atoms with van der Waals surface area (Å²) < 4.78 is 31.3. The Morgan fingerprint density at radius 2 is 1.48 bits per heavy atom. The lowest BCUT2D eigenvalue weighted by molar-refractivity contribution is 0.0926. The van der Waals surface area contributed by atoms with Gasteiger partial charge in [0.15, 0.2) is 0 Å². The molecule has 0 saturated carbocycles. The zero-order chi connectivity index (χ0) is 15.2. The Hall–Kier alpha value is -2.51. The van der Waals surface area contributed by atoms with Crippen LogP contribution in [-0.2, 0) is 10.1 Å². The van der Waals surface area contributed by atoms with Gasteiger partial charge in [0.05, 0.1) is 21.7 Å². The number of amides is 2. The number of para-hydroxylation sites is 1. The van der Waals surface area contributed by atoms with E-state index >= 15 is 0 Å². The van der Waals surface area contributed by atoms with Crippen LogP contribution in [0.3, 0.4) is 0 Å². The topological polar surface area (TPSA) is 91.7 Å². The number of hydrogen-bond donors (Lipinski definition) is 1. The van der Waals surface area contributed by atoms with Crippen molar-refractivity contribution in [3.63, 3.8) is 0 Å². The Morgan fingerprint density at radius 3 is 2.10 bits per heavy atom. The first-order valence-corrected chi connectivity index (χ1v) is 7.39. The van der Waals surface area contributed by atoms with Gasteiger partial charge in [0.1, 0.15) is 0 Å². The average Bonchev–Trinajstić information content (AvgIpc) is 2.70. The van der Waals surface area contributed by atoms with Crippen LogP contribution in [-0.4, -0.2) is 24.8 Å². The largest absolute Gasteiger partial charge is 0.294 e. The van der Waals surface area contributed by atoms with Crippen molar-refractivity contribution >= 4 is 27.6 Å². The molecule has 0 unspecified atom stereocenters. The molecule has 0 radical (unpaired) electrons. The molecule has 106 valence electrons. The minimum Gasteiger partial charge on any atom is -0.282 e. The number of hydrogen-bond acceptors (Lipinski definition) is 4. The van der Waals surface area contributed by atoms with Gasteiger partial charge in [-0.2, -0.15) is 8.42 Å². The molecule has 0 spiro atoms. The number of benzene rings is 2. The predicted octanol–water partition coefficient (Wildman–Crippen LogP) is 1.73. The summed E-state index contributed by atoms with van der Waals surface area (Å²) >= 11 is 0. The van der Waals surface area contributed by atoms with Crippen molar-refractivity contribution in [3.05, 3.63) is 59.7 Å². The minimum atomic E-state index is -4.43. The van der Waals surface area contributed by atoms with Crippen LogP contribution < -0.4 is 4.90 Å². The van der Waals surface area contributed by atoms with Crippen LogP contribution in [0.25, 0.3) is 0 Å². The fraction of sp³-hybridized carbons (Fsp3) is 0. The Labute approximate surface area is 120 Å². The van der Waals surface area contributed by atoms with E-state index < -0.39 is 26.8 Å². The molecule has 0 aromatic heterocycles. The summed E-state index contributed by atoms with van der Waals surface area (Å²) in [5.74, 6) is -1.14. The molecule has 0 atom stereocenters. The van der Waals surface area contributed by atoms with Crippen LogP contribution in [0.1, 0.15) is 20.7 Å². The third kappa shape index (κ3) is 2.12. The van der Waals surface area contributed by atoms with E-state index in [4.69, 9.17) is 4.55 Å². The fourth-order valence-electron chi connectivity index (χ4n) is 2.19. The van der Waals surface area contributed by atoms with Crippen LogP contribution >= 0.6 is 0 Å². The van der Waals surface area contributed by atoms with Crippen molar-refractivity contribution in [2.45, 2.75) is 4.90 Å². The van der Waals surface area contributed by atoms with E-state index in [9.17, 15) is 18.0 Å². The van der Waals surface area contributed by atoms with Gasteiger partial charge in [-0.1, -0.05) is 18.2 Å². The number of imide groups is 1. The number of fused-ring (bicyclic) bond motifs is 1. The third-order valence-corrected chi connectivity index (χ3v) is 4.02. The number of carbonyl (C=O) groups excluding carboxylic acids is 2. The van der Waals surface area contributed by atoms with Crippen molar-refractivity contribution in [3.8, 4) is 0 Å². The summed E-state index contributed by atoms with van der Waals surface area (Å²) in [6, 6.07) is 11.6. The van der Waals surface area contributed by atoms with E-state index in [-0.39, 0.29) is 11.1 Å². The van der Waals surface area contributed by atoms with E-state index in [1.165, 1.54) is 6.07 Å². The summed E-state index contributed by atoms with van der Waals surface area (Å²) in [5, 5.41) is 0. The van der Waals surface area contributed by atoms with Gasteiger partial charge < -0.3 is 0 Å². The van der Waals surface area contributed by atoms with Crippen molar-refractivity contribution in [2.75, 3.05) is 4.90 Å². The molecule has 1 N–H and O–H groups in total. The maximum Gasteiger partial charge on any atom is 0.294 e. The first-order chi connectivity index (χ1) is 9.89. The Kier molecular flexibility index (Phi) is 2.89. The molecule has 1 heterocycles. The molecule has 1 aliphatic heterocycles. The number of rotatable bonds is 2. The monoisotopic (exact) mass is 303 g/mol. The van der Waals surface area contributed by atoms with Gasteiger partial charge in [-0.15, -0.1) is 0 Å². The van der Waals surface area contributed by atoms with Crippen molar-refractivity contribution in [1.82, 2.24) is 0 Å². The van der Waals surface area contributed by atoms with Crippen LogP contribution in [0, 0.1) is 0 Å². The fourth-order valence-corrected chi connectivity index (χ4v) is 2.70. The second-order valence-electron chi connectivity index (χ2n) is 4.46. The van der Waals surface area contributed by atoms with Gasteiger partial charge in [0.2, 0.25) is 0 Å². The van der Waals surface area contributed by atoms with Gasteiger partial charge in [-0.3, -0.25) is 14.1 Å². The molecule has 2 aromatic carbocycles. The highest BCUT2D eigenvalue weighted by molar-refractivity contribution is 7.85. The lowest BCUT2D eigenvalue weighted by Gasteiger charge is -2.13. The van der Waals surface area contributed by atoms with E-state index in [2.05, 4.69) is 0 Å². The summed E-state index contributed by atoms with van der Waals surface area (Å²) in [6.45, 7) is 0. The highest BCUT2D eigenvalue weighted by Gasteiger charge is 2.37. The van der Waals surface area contributed by atoms with Crippen LogP contribution in [0.15, 0.2) is 53.4 Å². The highest BCUT2D eigenvalue weighted by Crippen LogP contribution is 2.29. The second-order valence-corrected chi connectivity index (χ2v) is 5.89. The third-order valence-electron chi connectivity index (χ3n) is 3.17. The lowest BCUT2D eigenvalue weighted by Crippen LogP contribution is -2.29. The summed E-state index contributed by atoms with van der Waals surface area (Å²) in [5.41, 5.74) is 0.465. The van der Waals surface area contributed by atoms with Crippen LogP contribution in [0.2, 0.25) is 0 Å². The van der Waals surface area contributed by atoms with Crippen LogP contribution in [0.4, 0.5) is 5.69 Å². The standard InChI is InChI=1S/C14H9NO5S/c16-13-11-7-6-10(21(18,19)20)8-12(11)14(17)15(13)9-4-2-1-3-5-9/h1-8H,(H,18,19,20). The Balaban J connectivity index is 2.13. The zero-order valence-electron chi connectivity index (χ0n) is 10.6. The van der Waals surface area contributed by atoms with E-state index in [1.807, 2.05) is 0 Å². The van der Waals surface area contributed by atoms with Gasteiger partial charge in [0, 0.05) is 0 Å². The molecule has 0 saturated heterocycles. The van der Waals surface area contributed by atoms with Gasteiger partial charge in [0.25, 0.3) is 21.9 Å². The molecule has 7 heteroatoms. The number of nitrogens with zero attached hydrogens (tertiary/aromatic N) is 1. The smallest absolute Gasteiger partial charge is 0.282 e. The molecule has 6 nitrogen and oxygen atoms in total. The minimum absolute atomic E-state index is 0.0426. The molecule has 3 rings (SSSR count). The van der Waals surface area contributed by atoms with Gasteiger partial charge in [-0.05, 0) is 30.3 Å². The molecule has 0 bridgehead atoms. The van der Waals surface area contributed by atoms with Crippen molar-refractivity contribution in [1.29, 1.82) is 0 Å². The van der Waals surface area contributed by atoms with Gasteiger partial charge >= 0.3 is 0 Å². The van der Waals surface area contributed by atoms with E-state index in [1.54, 1.807) is 30.3 Å². The van der Waals surface area contributed by atoms with Gasteiger partial charge in [-0.25, -0.2) is 4.90 Å². The normalized spacial score (nSPS) is 14.4.